The molecular formula is C39H36O3. The summed E-state index contributed by atoms with van der Waals surface area (Å²) < 4.78 is 0. The number of hydrogen-bond acceptors (Lipinski definition) is 3. The highest BCUT2D eigenvalue weighted by atomic mass is 16.3. The molecule has 0 aromatic heterocycles. The van der Waals surface area contributed by atoms with Crippen molar-refractivity contribution in [3.63, 3.8) is 0 Å². The van der Waals surface area contributed by atoms with Gasteiger partial charge in [0.2, 0.25) is 0 Å². The topological polar surface area (TPSA) is 60.7 Å². The monoisotopic (exact) mass is 552 g/mol. The number of benzene rings is 4. The molecule has 0 saturated heterocycles. The first-order chi connectivity index (χ1) is 20.2. The first-order valence-electron chi connectivity index (χ1n) is 13.7. The van der Waals surface area contributed by atoms with E-state index in [1.165, 1.54) is 0 Å². The Hall–Kier alpha value is -5.28. The summed E-state index contributed by atoms with van der Waals surface area (Å²) in [5.74, 6) is 0.529. The van der Waals surface area contributed by atoms with E-state index in [4.69, 9.17) is 0 Å². The molecule has 0 atom stereocenters. The predicted molar refractivity (Wildman–Crippen MR) is 179 cm³/mol. The van der Waals surface area contributed by atoms with Gasteiger partial charge in [-0.2, -0.15) is 0 Å². The summed E-state index contributed by atoms with van der Waals surface area (Å²) in [5, 5.41) is 30.6. The third-order valence-corrected chi connectivity index (χ3v) is 7.17. The van der Waals surface area contributed by atoms with Crippen LogP contribution in [0.3, 0.4) is 0 Å². The van der Waals surface area contributed by atoms with Gasteiger partial charge in [-0.1, -0.05) is 109 Å². The van der Waals surface area contributed by atoms with Gasteiger partial charge in [-0.25, -0.2) is 0 Å². The highest BCUT2D eigenvalue weighted by Gasteiger charge is 2.24. The smallest absolute Gasteiger partial charge is 0.115 e. The second-order valence-corrected chi connectivity index (χ2v) is 10.3. The molecule has 0 saturated carbocycles. The lowest BCUT2D eigenvalue weighted by Crippen LogP contribution is -2.02. The van der Waals surface area contributed by atoms with Crippen molar-refractivity contribution >= 4 is 18.2 Å². The van der Waals surface area contributed by atoms with Crippen molar-refractivity contribution in [3.05, 3.63) is 144 Å². The minimum absolute atomic E-state index is 0.173. The summed E-state index contributed by atoms with van der Waals surface area (Å²) in [6, 6.07) is 21.6. The Labute approximate surface area is 248 Å². The normalized spacial score (nSPS) is 12.2. The fraction of sp³-hybridized carbons (Fsp3) is 0.0769. The van der Waals surface area contributed by atoms with Gasteiger partial charge in [0, 0.05) is 0 Å². The molecule has 3 N–H and O–H groups in total. The van der Waals surface area contributed by atoms with Crippen LogP contribution in [0.15, 0.2) is 127 Å². The molecular weight excluding hydrogens is 516 g/mol. The van der Waals surface area contributed by atoms with Crippen LogP contribution in [0, 0.1) is 0 Å². The van der Waals surface area contributed by atoms with Gasteiger partial charge in [-0.15, -0.1) is 0 Å². The molecule has 3 heteroatoms. The number of phenolic OH excluding ortho intramolecular Hbond substituents is 3. The molecule has 4 aromatic carbocycles. The van der Waals surface area contributed by atoms with Gasteiger partial charge in [0.25, 0.3) is 0 Å². The summed E-state index contributed by atoms with van der Waals surface area (Å²) in [6.45, 7) is 18.1. The number of phenols is 3. The van der Waals surface area contributed by atoms with Gasteiger partial charge in [0.05, 0.1) is 0 Å². The van der Waals surface area contributed by atoms with E-state index in [1.807, 2.05) is 75.4 Å². The largest absolute Gasteiger partial charge is 0.508 e. The molecule has 0 unspecified atom stereocenters. The molecule has 0 radical (unpaired) electrons. The average molecular weight is 553 g/mol. The quantitative estimate of drug-likeness (QED) is 0.181. The van der Waals surface area contributed by atoms with Crippen molar-refractivity contribution in [2.24, 2.45) is 0 Å². The standard InChI is InChI=1S/C39H36O3/c1-7-25(4)22-34-35(23-26(5)8-2)38(29-12-18-32(41)19-13-29)39(30-14-20-33(42)21-15-30)36(24-27(6)9-3)37(34)28-10-16-31(40)17-11-28/h7-24,40-42H,1-3H2,4-6H3/b25-22+,26-23+,27-24+. The Morgan fingerprint density at radius 3 is 1.02 bits per heavy atom. The number of allylic oxidation sites excluding steroid dienone is 6. The van der Waals surface area contributed by atoms with Crippen molar-refractivity contribution in [3.8, 4) is 50.6 Å². The maximum atomic E-state index is 10.2. The van der Waals surface area contributed by atoms with Crippen LogP contribution in [0.25, 0.3) is 51.6 Å². The van der Waals surface area contributed by atoms with E-state index in [9.17, 15) is 15.3 Å². The van der Waals surface area contributed by atoms with Crippen LogP contribution in [-0.2, 0) is 0 Å². The first kappa shape index (κ1) is 29.7. The maximum absolute atomic E-state index is 10.2. The van der Waals surface area contributed by atoms with E-state index >= 15 is 0 Å². The lowest BCUT2D eigenvalue weighted by Gasteiger charge is -2.25. The molecule has 0 amide bonds. The zero-order valence-corrected chi connectivity index (χ0v) is 24.4. The molecule has 3 nitrogen and oxygen atoms in total. The summed E-state index contributed by atoms with van der Waals surface area (Å²) in [5.41, 5.74) is 11.4. The third-order valence-electron chi connectivity index (χ3n) is 7.17. The van der Waals surface area contributed by atoms with Gasteiger partial charge in [0.1, 0.15) is 17.2 Å². The second kappa shape index (κ2) is 12.9. The van der Waals surface area contributed by atoms with Crippen molar-refractivity contribution in [1.29, 1.82) is 0 Å². The number of rotatable bonds is 9. The third kappa shape index (κ3) is 6.37. The van der Waals surface area contributed by atoms with Gasteiger partial charge in [-0.3, -0.25) is 0 Å². The second-order valence-electron chi connectivity index (χ2n) is 10.3. The van der Waals surface area contributed by atoms with E-state index in [2.05, 4.69) is 38.0 Å². The van der Waals surface area contributed by atoms with E-state index in [1.54, 1.807) is 36.4 Å². The summed E-state index contributed by atoms with van der Waals surface area (Å²) >= 11 is 0. The minimum atomic E-state index is 0.173. The van der Waals surface area contributed by atoms with E-state index in [0.717, 1.165) is 66.8 Å². The fourth-order valence-electron chi connectivity index (χ4n) is 4.91. The summed E-state index contributed by atoms with van der Waals surface area (Å²) in [6.07, 6.45) is 11.8. The maximum Gasteiger partial charge on any atom is 0.115 e. The van der Waals surface area contributed by atoms with Gasteiger partial charge in [0.15, 0.2) is 0 Å². The van der Waals surface area contributed by atoms with Crippen molar-refractivity contribution in [2.45, 2.75) is 20.8 Å². The van der Waals surface area contributed by atoms with Crippen molar-refractivity contribution < 1.29 is 15.3 Å². The lowest BCUT2D eigenvalue weighted by molar-refractivity contribution is 0.475. The Kier molecular flexibility index (Phi) is 9.14. The van der Waals surface area contributed by atoms with E-state index in [0.29, 0.717) is 0 Å². The summed E-state index contributed by atoms with van der Waals surface area (Å²) in [4.78, 5) is 0. The van der Waals surface area contributed by atoms with Crippen molar-refractivity contribution in [2.75, 3.05) is 0 Å². The fourth-order valence-corrected chi connectivity index (χ4v) is 4.91. The molecule has 210 valence electrons. The predicted octanol–water partition coefficient (Wildman–Crippen LogP) is 10.6. The number of aromatic hydroxyl groups is 3. The molecule has 0 aliphatic heterocycles. The Morgan fingerprint density at radius 1 is 0.429 bits per heavy atom. The molecule has 42 heavy (non-hydrogen) atoms. The van der Waals surface area contributed by atoms with Gasteiger partial charge >= 0.3 is 0 Å². The van der Waals surface area contributed by atoms with Crippen molar-refractivity contribution in [1.82, 2.24) is 0 Å². The van der Waals surface area contributed by atoms with Crippen LogP contribution in [-0.4, -0.2) is 15.3 Å². The van der Waals surface area contributed by atoms with Crippen LogP contribution in [0.2, 0.25) is 0 Å². The highest BCUT2D eigenvalue weighted by Crippen LogP contribution is 2.48. The van der Waals surface area contributed by atoms with E-state index < -0.39 is 0 Å². The highest BCUT2D eigenvalue weighted by molar-refractivity contribution is 6.04. The number of hydrogen-bond donors (Lipinski definition) is 3. The molecule has 4 rings (SSSR count). The Balaban J connectivity index is 2.43. The summed E-state index contributed by atoms with van der Waals surface area (Å²) in [7, 11) is 0. The SMILES string of the molecule is C=C/C(C)=C/c1c(/C=C(\C)C=C)c(-c2ccc(O)cc2)c(-c2ccc(O)cc2)c(/C=C(\C)C=C)c1-c1ccc(O)cc1. The van der Waals surface area contributed by atoms with E-state index in [-0.39, 0.29) is 17.2 Å². The van der Waals surface area contributed by atoms with Crippen LogP contribution >= 0.6 is 0 Å². The zero-order valence-electron chi connectivity index (χ0n) is 24.4. The average Bonchev–Trinajstić information content (AvgIpc) is 2.99. The van der Waals surface area contributed by atoms with Crippen LogP contribution in [0.4, 0.5) is 0 Å². The van der Waals surface area contributed by atoms with Crippen LogP contribution in [0.1, 0.15) is 37.5 Å². The molecule has 4 aromatic rings. The zero-order chi connectivity index (χ0) is 30.4. The lowest BCUT2D eigenvalue weighted by atomic mass is 9.78. The molecule has 0 aliphatic carbocycles. The van der Waals surface area contributed by atoms with Gasteiger partial charge < -0.3 is 15.3 Å². The minimum Gasteiger partial charge on any atom is -0.508 e. The van der Waals surface area contributed by atoms with Crippen LogP contribution < -0.4 is 0 Å². The first-order valence-corrected chi connectivity index (χ1v) is 13.7. The molecule has 0 fully saturated rings. The molecule has 0 heterocycles. The Bertz CT molecular complexity index is 1730. The van der Waals surface area contributed by atoms with Gasteiger partial charge in [-0.05, 0) is 107 Å². The molecule has 0 bridgehead atoms. The molecule has 0 spiro atoms. The Morgan fingerprint density at radius 2 is 0.690 bits per heavy atom. The van der Waals surface area contributed by atoms with Crippen LogP contribution in [0.5, 0.6) is 17.2 Å². The molecule has 0 aliphatic rings.